The molecule has 0 unspecified atom stereocenters. The molecular formula is C30H41N5O6. The molecule has 5 amide bonds. The molecule has 1 aromatic rings. The Labute approximate surface area is 240 Å². The number of allylic oxidation sites excluding steroid dienone is 2. The fourth-order valence-electron chi connectivity index (χ4n) is 6.05. The fourth-order valence-corrected chi connectivity index (χ4v) is 6.05. The van der Waals surface area contributed by atoms with Gasteiger partial charge >= 0.3 is 0 Å². The predicted octanol–water partition coefficient (Wildman–Crippen LogP) is 0.574. The number of fused-ring (bicyclic) bond motifs is 1. The van der Waals surface area contributed by atoms with E-state index in [1.165, 1.54) is 6.92 Å². The first-order chi connectivity index (χ1) is 19.7. The van der Waals surface area contributed by atoms with E-state index >= 15 is 0 Å². The van der Waals surface area contributed by atoms with Gasteiger partial charge in [-0.3, -0.25) is 24.0 Å². The Bertz CT molecular complexity index is 1130. The van der Waals surface area contributed by atoms with Crippen molar-refractivity contribution in [3.8, 4) is 0 Å². The topological polar surface area (TPSA) is 160 Å². The van der Waals surface area contributed by atoms with Gasteiger partial charge in [-0.25, -0.2) is 0 Å². The first kappa shape index (κ1) is 30.2. The number of carbonyl (C=O) groups is 5. The lowest BCUT2D eigenvalue weighted by Crippen LogP contribution is -2.60. The number of nitrogens with zero attached hydrogens (tertiary/aromatic N) is 1. The molecule has 0 aliphatic carbocycles. The van der Waals surface area contributed by atoms with Crippen molar-refractivity contribution in [1.82, 2.24) is 20.9 Å². The van der Waals surface area contributed by atoms with Crippen LogP contribution in [-0.4, -0.2) is 78.9 Å². The molecule has 222 valence electrons. The summed E-state index contributed by atoms with van der Waals surface area (Å²) in [5, 5.41) is 8.80. The van der Waals surface area contributed by atoms with Crippen LogP contribution in [0.25, 0.3) is 0 Å². The Morgan fingerprint density at radius 1 is 1.12 bits per heavy atom. The van der Waals surface area contributed by atoms with Gasteiger partial charge in [-0.15, -0.1) is 0 Å². The van der Waals surface area contributed by atoms with Crippen molar-refractivity contribution in [3.63, 3.8) is 0 Å². The number of amides is 5. The molecule has 0 bridgehead atoms. The zero-order chi connectivity index (χ0) is 29.4. The summed E-state index contributed by atoms with van der Waals surface area (Å²) in [4.78, 5) is 65.6. The van der Waals surface area contributed by atoms with E-state index < -0.39 is 29.3 Å². The molecule has 2 fully saturated rings. The van der Waals surface area contributed by atoms with Gasteiger partial charge in [0.25, 0.3) is 0 Å². The maximum Gasteiger partial charge on any atom is 0.245 e. The largest absolute Gasteiger partial charge is 0.381 e. The van der Waals surface area contributed by atoms with Crippen LogP contribution >= 0.6 is 0 Å². The van der Waals surface area contributed by atoms with Gasteiger partial charge in [0.05, 0.1) is 11.8 Å². The fraction of sp³-hybridized carbons (Fsp3) is 0.567. The Hall–Kier alpha value is -3.73. The van der Waals surface area contributed by atoms with E-state index in [0.29, 0.717) is 64.8 Å². The van der Waals surface area contributed by atoms with Gasteiger partial charge in [-0.2, -0.15) is 0 Å². The lowest BCUT2D eigenvalue weighted by Gasteiger charge is -2.41. The molecule has 3 aliphatic heterocycles. The Kier molecular flexibility index (Phi) is 10.1. The molecule has 4 atom stereocenters. The molecule has 4 rings (SSSR count). The Morgan fingerprint density at radius 3 is 2.54 bits per heavy atom. The number of nitrogens with one attached hydrogen (secondary N) is 3. The second-order valence-electron chi connectivity index (χ2n) is 11.4. The summed E-state index contributed by atoms with van der Waals surface area (Å²) >= 11 is 0. The third-order valence-electron chi connectivity index (χ3n) is 8.40. The van der Waals surface area contributed by atoms with Gasteiger partial charge in [-0.05, 0) is 37.7 Å². The quantitative estimate of drug-likeness (QED) is 0.368. The molecule has 41 heavy (non-hydrogen) atoms. The van der Waals surface area contributed by atoms with E-state index in [0.717, 1.165) is 5.56 Å². The molecule has 0 saturated carbocycles. The molecule has 0 aromatic heterocycles. The van der Waals surface area contributed by atoms with Crippen LogP contribution in [0.4, 0.5) is 0 Å². The number of hydrogen-bond donors (Lipinski definition) is 4. The van der Waals surface area contributed by atoms with Crippen molar-refractivity contribution in [2.75, 3.05) is 26.3 Å². The lowest BCUT2D eigenvalue weighted by atomic mass is 9.75. The number of hydrogen-bond acceptors (Lipinski definition) is 6. The molecule has 11 nitrogen and oxygen atoms in total. The SMILES string of the molecule is CC(=O)N[C@H](CC(N)=O)C(=O)N1CC[C@H]2NC(=O)[C@H](Cc3ccccc3)NC(=O)C3(C/C=C/C[C@@H]2C1)CCOCC3. The van der Waals surface area contributed by atoms with Crippen molar-refractivity contribution in [2.24, 2.45) is 17.1 Å². The minimum Gasteiger partial charge on any atom is -0.381 e. The average molecular weight is 568 g/mol. The molecule has 3 aliphatic rings. The number of likely N-dealkylation sites (tertiary alicyclic amines) is 1. The van der Waals surface area contributed by atoms with Crippen LogP contribution in [-0.2, 0) is 35.1 Å². The number of rotatable bonds is 6. The van der Waals surface area contributed by atoms with Gasteiger partial charge in [0.15, 0.2) is 0 Å². The number of piperidine rings is 1. The maximum atomic E-state index is 13.7. The summed E-state index contributed by atoms with van der Waals surface area (Å²) in [5.41, 5.74) is 5.62. The van der Waals surface area contributed by atoms with Crippen molar-refractivity contribution in [3.05, 3.63) is 48.0 Å². The van der Waals surface area contributed by atoms with E-state index in [2.05, 4.69) is 16.0 Å². The minimum atomic E-state index is -1.03. The van der Waals surface area contributed by atoms with E-state index in [-0.39, 0.29) is 36.1 Å². The van der Waals surface area contributed by atoms with E-state index in [9.17, 15) is 24.0 Å². The summed E-state index contributed by atoms with van der Waals surface area (Å²) in [6.45, 7) is 2.95. The molecule has 3 heterocycles. The van der Waals surface area contributed by atoms with Gasteiger partial charge < -0.3 is 31.3 Å². The van der Waals surface area contributed by atoms with Crippen LogP contribution in [0.1, 0.15) is 51.0 Å². The Morgan fingerprint density at radius 2 is 1.85 bits per heavy atom. The summed E-state index contributed by atoms with van der Waals surface area (Å²) in [6, 6.07) is 7.59. The van der Waals surface area contributed by atoms with Crippen LogP contribution in [0.15, 0.2) is 42.5 Å². The van der Waals surface area contributed by atoms with Crippen LogP contribution in [0.3, 0.4) is 0 Å². The second kappa shape index (κ2) is 13.8. The van der Waals surface area contributed by atoms with Crippen LogP contribution < -0.4 is 21.7 Å². The summed E-state index contributed by atoms with van der Waals surface area (Å²) in [7, 11) is 0. The molecule has 2 saturated heterocycles. The monoisotopic (exact) mass is 567 g/mol. The highest BCUT2D eigenvalue weighted by Crippen LogP contribution is 2.36. The molecular weight excluding hydrogens is 526 g/mol. The van der Waals surface area contributed by atoms with E-state index in [4.69, 9.17) is 10.5 Å². The van der Waals surface area contributed by atoms with E-state index in [1.807, 2.05) is 42.5 Å². The average Bonchev–Trinajstić information content (AvgIpc) is 2.95. The van der Waals surface area contributed by atoms with Crippen LogP contribution in [0, 0.1) is 11.3 Å². The molecule has 1 spiro atoms. The standard InChI is InChI=1S/C30H41N5O6/c1-20(36)32-25(18-26(31)37)28(39)35-14-10-23-22(19-35)9-5-6-11-30(12-15-41-16-13-30)29(40)34-24(27(38)33-23)17-21-7-3-2-4-8-21/h2-8,22-25H,9-19H2,1H3,(H2,31,37)(H,32,36)(H,33,38)(H,34,40)/b6-5+/t22-,23-,24+,25-/m1/s1. The zero-order valence-corrected chi connectivity index (χ0v) is 23.6. The second-order valence-corrected chi connectivity index (χ2v) is 11.4. The predicted molar refractivity (Wildman–Crippen MR) is 151 cm³/mol. The van der Waals surface area contributed by atoms with Crippen LogP contribution in [0.5, 0.6) is 0 Å². The maximum absolute atomic E-state index is 13.7. The van der Waals surface area contributed by atoms with Crippen molar-refractivity contribution < 1.29 is 28.7 Å². The molecule has 1 aromatic carbocycles. The highest BCUT2D eigenvalue weighted by molar-refractivity contribution is 5.92. The smallest absolute Gasteiger partial charge is 0.245 e. The number of ether oxygens (including phenoxy) is 1. The normalized spacial score (nSPS) is 26.3. The lowest BCUT2D eigenvalue weighted by molar-refractivity contribution is -0.141. The van der Waals surface area contributed by atoms with Gasteiger partial charge in [0.2, 0.25) is 29.5 Å². The molecule has 0 radical (unpaired) electrons. The number of carbonyl (C=O) groups excluding carboxylic acids is 5. The number of benzene rings is 1. The van der Waals surface area contributed by atoms with Gasteiger partial charge in [0, 0.05) is 51.6 Å². The van der Waals surface area contributed by atoms with Crippen molar-refractivity contribution in [1.29, 1.82) is 0 Å². The Balaban J connectivity index is 1.57. The summed E-state index contributed by atoms with van der Waals surface area (Å²) < 4.78 is 5.56. The zero-order valence-electron chi connectivity index (χ0n) is 23.6. The van der Waals surface area contributed by atoms with Crippen LogP contribution in [0.2, 0.25) is 0 Å². The van der Waals surface area contributed by atoms with Gasteiger partial charge in [-0.1, -0.05) is 42.5 Å². The van der Waals surface area contributed by atoms with Crippen molar-refractivity contribution in [2.45, 2.75) is 70.0 Å². The third-order valence-corrected chi connectivity index (χ3v) is 8.40. The first-order valence-electron chi connectivity index (χ1n) is 14.4. The summed E-state index contributed by atoms with van der Waals surface area (Å²) in [6.07, 6.45) is 6.89. The number of primary amides is 1. The van der Waals surface area contributed by atoms with Crippen molar-refractivity contribution >= 4 is 29.5 Å². The van der Waals surface area contributed by atoms with Gasteiger partial charge in [0.1, 0.15) is 12.1 Å². The molecule has 11 heteroatoms. The first-order valence-corrected chi connectivity index (χ1v) is 14.4. The third kappa shape index (κ3) is 7.93. The highest BCUT2D eigenvalue weighted by atomic mass is 16.5. The summed E-state index contributed by atoms with van der Waals surface area (Å²) in [5.74, 6) is -1.95. The highest BCUT2D eigenvalue weighted by Gasteiger charge is 2.42. The van der Waals surface area contributed by atoms with E-state index in [1.54, 1.807) is 4.90 Å². The minimum absolute atomic E-state index is 0.0994. The molecule has 5 N–H and O–H groups in total. The number of nitrogens with two attached hydrogens (primary N) is 1.